The number of benzene rings is 2. The number of ether oxygens (including phenoxy) is 1. The number of rotatable bonds is 8. The van der Waals surface area contributed by atoms with Crippen LogP contribution < -0.4 is 4.74 Å². The number of hydrogen-bond donors (Lipinski definition) is 0. The summed E-state index contributed by atoms with van der Waals surface area (Å²) in [5, 5.41) is 0. The van der Waals surface area contributed by atoms with Crippen LogP contribution in [0.2, 0.25) is 0 Å². The van der Waals surface area contributed by atoms with Crippen LogP contribution in [0, 0.1) is 11.6 Å². The van der Waals surface area contributed by atoms with Gasteiger partial charge >= 0.3 is 5.97 Å². The van der Waals surface area contributed by atoms with E-state index in [1.54, 1.807) is 36.7 Å². The summed E-state index contributed by atoms with van der Waals surface area (Å²) in [7, 11) is 0. The third-order valence-electron chi connectivity index (χ3n) is 4.75. The van der Waals surface area contributed by atoms with Crippen LogP contribution in [0.15, 0.2) is 48.8 Å². The Morgan fingerprint density at radius 2 is 1.60 bits per heavy atom. The highest BCUT2D eigenvalue weighted by atomic mass is 19.2. The van der Waals surface area contributed by atoms with Gasteiger partial charge in [0.05, 0.1) is 5.56 Å². The highest BCUT2D eigenvalue weighted by Gasteiger charge is 2.18. The van der Waals surface area contributed by atoms with Gasteiger partial charge in [-0.05, 0) is 48.6 Å². The fourth-order valence-electron chi connectivity index (χ4n) is 3.04. The Bertz CT molecular complexity index is 1000. The number of aromatic nitrogens is 2. The van der Waals surface area contributed by atoms with Crippen molar-refractivity contribution in [3.8, 4) is 17.1 Å². The molecule has 0 aliphatic heterocycles. The van der Waals surface area contributed by atoms with E-state index >= 15 is 0 Å². The van der Waals surface area contributed by atoms with Crippen molar-refractivity contribution in [2.24, 2.45) is 0 Å². The van der Waals surface area contributed by atoms with Crippen molar-refractivity contribution in [1.29, 1.82) is 0 Å². The van der Waals surface area contributed by atoms with Crippen LogP contribution in [-0.4, -0.2) is 15.9 Å². The number of esters is 1. The Balaban J connectivity index is 1.70. The minimum absolute atomic E-state index is 0.218. The second-order valence-electron chi connectivity index (χ2n) is 7.09. The molecular formula is C24H24F2N2O2. The van der Waals surface area contributed by atoms with E-state index in [-0.39, 0.29) is 11.1 Å². The predicted molar refractivity (Wildman–Crippen MR) is 111 cm³/mol. The van der Waals surface area contributed by atoms with Crippen LogP contribution in [-0.2, 0) is 12.8 Å². The van der Waals surface area contributed by atoms with Crippen LogP contribution in [0.1, 0.15) is 54.6 Å². The van der Waals surface area contributed by atoms with Gasteiger partial charge in [0, 0.05) is 18.0 Å². The third kappa shape index (κ3) is 5.06. The van der Waals surface area contributed by atoms with Crippen LogP contribution in [0.4, 0.5) is 8.78 Å². The van der Waals surface area contributed by atoms with Gasteiger partial charge in [0.1, 0.15) is 0 Å². The predicted octanol–water partition coefficient (Wildman–Crippen LogP) is 5.94. The lowest BCUT2D eigenvalue weighted by Crippen LogP contribution is -2.10. The number of aryl methyl sites for hydroxylation is 2. The molecule has 0 bridgehead atoms. The Morgan fingerprint density at radius 1 is 0.900 bits per heavy atom. The molecule has 0 unspecified atom stereocenters. The topological polar surface area (TPSA) is 52.1 Å². The SMILES string of the molecule is CCCCc1cnc(-c2ccc(C(=O)Oc3ccc(CCC)c(F)c3F)cc2)nc1. The molecule has 0 radical (unpaired) electrons. The zero-order valence-corrected chi connectivity index (χ0v) is 17.1. The van der Waals surface area contributed by atoms with E-state index in [1.165, 1.54) is 12.1 Å². The van der Waals surface area contributed by atoms with Crippen LogP contribution in [0.3, 0.4) is 0 Å². The molecule has 0 atom stereocenters. The molecule has 3 aromatic rings. The number of hydrogen-bond acceptors (Lipinski definition) is 4. The Kier molecular flexibility index (Phi) is 7.22. The van der Waals surface area contributed by atoms with Gasteiger partial charge in [-0.2, -0.15) is 4.39 Å². The van der Waals surface area contributed by atoms with Crippen LogP contribution in [0.25, 0.3) is 11.4 Å². The fourth-order valence-corrected chi connectivity index (χ4v) is 3.04. The van der Waals surface area contributed by atoms with Crippen molar-refractivity contribution in [3.63, 3.8) is 0 Å². The molecule has 0 N–H and O–H groups in total. The molecule has 0 saturated carbocycles. The Morgan fingerprint density at radius 3 is 2.23 bits per heavy atom. The van der Waals surface area contributed by atoms with Gasteiger partial charge in [-0.25, -0.2) is 19.2 Å². The minimum Gasteiger partial charge on any atom is -0.420 e. The summed E-state index contributed by atoms with van der Waals surface area (Å²) in [6.45, 7) is 4.01. The quantitative estimate of drug-likeness (QED) is 0.341. The monoisotopic (exact) mass is 410 g/mol. The molecular weight excluding hydrogens is 386 g/mol. The lowest BCUT2D eigenvalue weighted by molar-refractivity contribution is 0.0726. The molecule has 6 heteroatoms. The number of carbonyl (C=O) groups excluding carboxylic acids is 1. The van der Waals surface area contributed by atoms with Gasteiger partial charge in [-0.1, -0.05) is 44.9 Å². The van der Waals surface area contributed by atoms with E-state index in [4.69, 9.17) is 4.74 Å². The standard InChI is InChI=1S/C24H24F2N2O2/c1-3-5-7-16-14-27-23(28-15-16)18-8-10-19(11-9-18)24(29)30-20-13-12-17(6-4-2)21(25)22(20)26/h8-15H,3-7H2,1-2H3. The van der Waals surface area contributed by atoms with E-state index in [1.807, 2.05) is 6.92 Å². The number of halogens is 2. The molecule has 3 rings (SSSR count). The maximum absolute atomic E-state index is 14.2. The van der Waals surface area contributed by atoms with Gasteiger partial charge in [0.15, 0.2) is 17.4 Å². The van der Waals surface area contributed by atoms with Crippen molar-refractivity contribution in [2.75, 3.05) is 0 Å². The first kappa shape index (κ1) is 21.6. The lowest BCUT2D eigenvalue weighted by atomic mass is 10.1. The largest absolute Gasteiger partial charge is 0.420 e. The second-order valence-corrected chi connectivity index (χ2v) is 7.09. The zero-order valence-electron chi connectivity index (χ0n) is 17.1. The van der Waals surface area contributed by atoms with Gasteiger partial charge < -0.3 is 4.74 Å². The smallest absolute Gasteiger partial charge is 0.343 e. The van der Waals surface area contributed by atoms with Crippen molar-refractivity contribution in [2.45, 2.75) is 46.0 Å². The van der Waals surface area contributed by atoms with E-state index in [0.29, 0.717) is 18.7 Å². The molecule has 0 aliphatic rings. The average molecular weight is 410 g/mol. The van der Waals surface area contributed by atoms with E-state index < -0.39 is 23.4 Å². The number of carbonyl (C=O) groups is 1. The molecule has 1 aromatic heterocycles. The van der Waals surface area contributed by atoms with Crippen molar-refractivity contribution in [1.82, 2.24) is 9.97 Å². The molecule has 0 amide bonds. The first-order valence-electron chi connectivity index (χ1n) is 10.1. The molecule has 1 heterocycles. The molecule has 0 saturated heterocycles. The third-order valence-corrected chi connectivity index (χ3v) is 4.75. The zero-order chi connectivity index (χ0) is 21.5. The molecule has 0 aliphatic carbocycles. The molecule has 156 valence electrons. The van der Waals surface area contributed by atoms with Gasteiger partial charge in [-0.15, -0.1) is 0 Å². The summed E-state index contributed by atoms with van der Waals surface area (Å²) >= 11 is 0. The number of unbranched alkanes of at least 4 members (excludes halogenated alkanes) is 1. The maximum Gasteiger partial charge on any atom is 0.343 e. The van der Waals surface area contributed by atoms with E-state index in [0.717, 1.165) is 30.4 Å². The number of nitrogens with zero attached hydrogens (tertiary/aromatic N) is 2. The summed E-state index contributed by atoms with van der Waals surface area (Å²) in [6.07, 6.45) is 7.86. The molecule has 4 nitrogen and oxygen atoms in total. The van der Waals surface area contributed by atoms with Gasteiger partial charge in [0.25, 0.3) is 0 Å². The average Bonchev–Trinajstić information content (AvgIpc) is 2.78. The van der Waals surface area contributed by atoms with Gasteiger partial charge in [0.2, 0.25) is 5.82 Å². The highest BCUT2D eigenvalue weighted by Crippen LogP contribution is 2.25. The summed E-state index contributed by atoms with van der Waals surface area (Å²) in [5.41, 5.74) is 2.31. The van der Waals surface area contributed by atoms with E-state index in [9.17, 15) is 13.6 Å². The van der Waals surface area contributed by atoms with E-state index in [2.05, 4.69) is 16.9 Å². The Labute approximate surface area is 175 Å². The van der Waals surface area contributed by atoms with Crippen LogP contribution >= 0.6 is 0 Å². The first-order valence-corrected chi connectivity index (χ1v) is 10.1. The highest BCUT2D eigenvalue weighted by molar-refractivity contribution is 5.91. The molecule has 0 fully saturated rings. The van der Waals surface area contributed by atoms with Crippen molar-refractivity contribution in [3.05, 3.63) is 77.1 Å². The van der Waals surface area contributed by atoms with Crippen molar-refractivity contribution >= 4 is 5.97 Å². The minimum atomic E-state index is -1.15. The molecule has 0 spiro atoms. The lowest BCUT2D eigenvalue weighted by Gasteiger charge is -2.09. The molecule has 30 heavy (non-hydrogen) atoms. The normalized spacial score (nSPS) is 10.8. The fraction of sp³-hybridized carbons (Fsp3) is 0.292. The summed E-state index contributed by atoms with van der Waals surface area (Å²) in [5.74, 6) is -2.76. The molecule has 2 aromatic carbocycles. The second kappa shape index (κ2) is 10.1. The van der Waals surface area contributed by atoms with Crippen LogP contribution in [0.5, 0.6) is 5.75 Å². The summed E-state index contributed by atoms with van der Waals surface area (Å²) in [6, 6.07) is 9.20. The Hall–Kier alpha value is -3.15. The van der Waals surface area contributed by atoms with Gasteiger partial charge in [-0.3, -0.25) is 0 Å². The summed E-state index contributed by atoms with van der Waals surface area (Å²) < 4.78 is 33.3. The summed E-state index contributed by atoms with van der Waals surface area (Å²) in [4.78, 5) is 21.1. The maximum atomic E-state index is 14.2. The van der Waals surface area contributed by atoms with Crippen molar-refractivity contribution < 1.29 is 18.3 Å². The first-order chi connectivity index (χ1) is 14.5.